The summed E-state index contributed by atoms with van der Waals surface area (Å²) in [4.78, 5) is 35.8. The van der Waals surface area contributed by atoms with Gasteiger partial charge in [-0.25, -0.2) is 9.37 Å². The quantitative estimate of drug-likeness (QED) is 0.557. The largest absolute Gasteiger partial charge is 0.384 e. The molecule has 0 radical (unpaired) electrons. The summed E-state index contributed by atoms with van der Waals surface area (Å²) in [6.45, 7) is 5.97. The van der Waals surface area contributed by atoms with Crippen LogP contribution in [0.2, 0.25) is 0 Å². The van der Waals surface area contributed by atoms with Crippen molar-refractivity contribution in [2.45, 2.75) is 57.0 Å². The van der Waals surface area contributed by atoms with Crippen molar-refractivity contribution in [1.82, 2.24) is 14.8 Å². The summed E-state index contributed by atoms with van der Waals surface area (Å²) in [6, 6.07) is 2.45. The van der Waals surface area contributed by atoms with E-state index in [1.807, 2.05) is 4.90 Å². The highest BCUT2D eigenvalue weighted by Crippen LogP contribution is 2.45. The smallest absolute Gasteiger partial charge is 0.282 e. The van der Waals surface area contributed by atoms with Crippen LogP contribution in [0.25, 0.3) is 0 Å². The molecule has 3 fully saturated rings. The van der Waals surface area contributed by atoms with Crippen LogP contribution in [-0.2, 0) is 27.3 Å². The SMILES string of the molecule is C=C(F)C(=O)N1CCc2c(C3CC3)nc(N3CCN(C(=O)CCOC)C(C4CC4)C3)c(C#N)c2C1. The number of piperazine rings is 1. The van der Waals surface area contributed by atoms with Gasteiger partial charge in [-0.2, -0.15) is 5.26 Å². The summed E-state index contributed by atoms with van der Waals surface area (Å²) < 4.78 is 18.7. The second kappa shape index (κ2) is 9.57. The van der Waals surface area contributed by atoms with Gasteiger partial charge in [0.1, 0.15) is 11.9 Å². The molecule has 1 unspecified atom stereocenters. The summed E-state index contributed by atoms with van der Waals surface area (Å²) in [5.41, 5.74) is 3.34. The van der Waals surface area contributed by atoms with Gasteiger partial charge in [-0.05, 0) is 49.1 Å². The van der Waals surface area contributed by atoms with E-state index in [0.717, 1.165) is 42.5 Å². The third-order valence-electron chi connectivity index (χ3n) is 7.73. The lowest BCUT2D eigenvalue weighted by Crippen LogP contribution is -2.56. The number of amides is 2. The van der Waals surface area contributed by atoms with Crippen LogP contribution in [0.15, 0.2) is 12.4 Å². The molecule has 0 N–H and O–H groups in total. The average Bonchev–Trinajstić information content (AvgIpc) is 3.78. The minimum atomic E-state index is -0.981. The molecule has 1 aromatic rings. The highest BCUT2D eigenvalue weighted by molar-refractivity contribution is 5.90. The minimum Gasteiger partial charge on any atom is -0.384 e. The number of aromatic nitrogens is 1. The summed E-state index contributed by atoms with van der Waals surface area (Å²) in [6.07, 6.45) is 5.28. The second-order valence-corrected chi connectivity index (χ2v) is 10.1. The maximum absolute atomic E-state index is 13.6. The predicted molar refractivity (Wildman–Crippen MR) is 127 cm³/mol. The molecule has 2 aliphatic heterocycles. The first-order chi connectivity index (χ1) is 16.9. The summed E-state index contributed by atoms with van der Waals surface area (Å²) in [5.74, 6) is -0.0883. The molecule has 0 spiro atoms. The van der Waals surface area contributed by atoms with Crippen molar-refractivity contribution in [3.63, 3.8) is 0 Å². The van der Waals surface area contributed by atoms with E-state index in [-0.39, 0.29) is 18.5 Å². The highest BCUT2D eigenvalue weighted by atomic mass is 19.1. The first kappa shape index (κ1) is 23.7. The number of hydrogen-bond acceptors (Lipinski definition) is 6. The van der Waals surface area contributed by atoms with E-state index in [2.05, 4.69) is 17.5 Å². The van der Waals surface area contributed by atoms with Crippen LogP contribution >= 0.6 is 0 Å². The normalized spacial score (nSPS) is 22.0. The molecule has 186 valence electrons. The number of nitrogens with zero attached hydrogens (tertiary/aromatic N) is 5. The fraction of sp³-hybridized carbons (Fsp3) is 0.615. The molecule has 2 saturated carbocycles. The van der Waals surface area contributed by atoms with Gasteiger partial charge in [-0.15, -0.1) is 0 Å². The van der Waals surface area contributed by atoms with Crippen molar-refractivity contribution < 1.29 is 18.7 Å². The maximum atomic E-state index is 13.6. The van der Waals surface area contributed by atoms with Crippen molar-refractivity contribution in [2.75, 3.05) is 44.8 Å². The highest BCUT2D eigenvalue weighted by Gasteiger charge is 2.42. The van der Waals surface area contributed by atoms with Crippen LogP contribution in [0.3, 0.4) is 0 Å². The molecule has 1 aromatic heterocycles. The maximum Gasteiger partial charge on any atom is 0.282 e. The van der Waals surface area contributed by atoms with E-state index in [1.165, 1.54) is 4.90 Å². The zero-order valence-electron chi connectivity index (χ0n) is 20.3. The van der Waals surface area contributed by atoms with Gasteiger partial charge in [-0.3, -0.25) is 9.59 Å². The van der Waals surface area contributed by atoms with Crippen LogP contribution in [0.1, 0.15) is 60.4 Å². The number of methoxy groups -OCH3 is 1. The van der Waals surface area contributed by atoms with Crippen LogP contribution in [-0.4, -0.2) is 72.5 Å². The first-order valence-electron chi connectivity index (χ1n) is 12.6. The molecule has 5 rings (SSSR count). The Hall–Kier alpha value is -2.99. The number of ether oxygens (including phenoxy) is 1. The Balaban J connectivity index is 1.47. The fourth-order valence-corrected chi connectivity index (χ4v) is 5.56. The van der Waals surface area contributed by atoms with Gasteiger partial charge >= 0.3 is 0 Å². The van der Waals surface area contributed by atoms with E-state index in [9.17, 15) is 19.2 Å². The van der Waals surface area contributed by atoms with Gasteiger partial charge in [0.05, 0.1) is 24.6 Å². The molecule has 2 amide bonds. The van der Waals surface area contributed by atoms with Crippen molar-refractivity contribution in [1.29, 1.82) is 5.26 Å². The number of rotatable bonds is 7. The molecule has 1 atom stereocenters. The number of nitriles is 1. The topological polar surface area (TPSA) is 89.8 Å². The number of carbonyl (C=O) groups is 2. The van der Waals surface area contributed by atoms with Crippen molar-refractivity contribution in [2.24, 2.45) is 5.92 Å². The van der Waals surface area contributed by atoms with Crippen LogP contribution in [0.4, 0.5) is 10.2 Å². The molecule has 9 heteroatoms. The number of anilines is 1. The van der Waals surface area contributed by atoms with Gasteiger partial charge in [0.25, 0.3) is 5.91 Å². The third kappa shape index (κ3) is 4.64. The number of hydrogen-bond donors (Lipinski definition) is 0. The monoisotopic (exact) mass is 481 g/mol. The van der Waals surface area contributed by atoms with Crippen LogP contribution in [0, 0.1) is 17.2 Å². The molecule has 2 aliphatic carbocycles. The van der Waals surface area contributed by atoms with Crippen LogP contribution < -0.4 is 4.90 Å². The van der Waals surface area contributed by atoms with Gasteiger partial charge in [0, 0.05) is 51.4 Å². The van der Waals surface area contributed by atoms with E-state index in [0.29, 0.717) is 68.8 Å². The summed E-state index contributed by atoms with van der Waals surface area (Å²) >= 11 is 0. The van der Waals surface area contributed by atoms with Gasteiger partial charge in [0.2, 0.25) is 5.91 Å². The minimum absolute atomic E-state index is 0.0924. The predicted octanol–water partition coefficient (Wildman–Crippen LogP) is 2.66. The van der Waals surface area contributed by atoms with E-state index in [1.54, 1.807) is 7.11 Å². The Morgan fingerprint density at radius 1 is 1.20 bits per heavy atom. The Labute approximate surface area is 205 Å². The number of halogens is 1. The third-order valence-corrected chi connectivity index (χ3v) is 7.73. The van der Waals surface area contributed by atoms with E-state index in [4.69, 9.17) is 9.72 Å². The molecular weight excluding hydrogens is 449 g/mol. The Morgan fingerprint density at radius 2 is 1.97 bits per heavy atom. The standard InChI is InChI=1S/C26H32FN5O3/c1-16(27)26(34)31-9-7-19-21(14-31)20(13-28)25(29-24(19)18-5-6-18)30-10-11-32(23(33)8-12-35-2)22(15-30)17-3-4-17/h17-18,22H,1,3-12,14-15H2,2H3. The molecule has 0 bridgehead atoms. The molecular formula is C26H32FN5O3. The van der Waals surface area contributed by atoms with Gasteiger partial charge in [0.15, 0.2) is 5.83 Å². The van der Waals surface area contributed by atoms with Crippen molar-refractivity contribution in [3.05, 3.63) is 34.8 Å². The summed E-state index contributed by atoms with van der Waals surface area (Å²) in [7, 11) is 1.60. The number of carbonyl (C=O) groups excluding carboxylic acids is 2. The fourth-order valence-electron chi connectivity index (χ4n) is 5.56. The number of pyridine rings is 1. The number of fused-ring (bicyclic) bond motifs is 1. The average molecular weight is 482 g/mol. The summed E-state index contributed by atoms with van der Waals surface area (Å²) in [5, 5.41) is 10.2. The molecule has 35 heavy (non-hydrogen) atoms. The lowest BCUT2D eigenvalue weighted by molar-refractivity contribution is -0.135. The zero-order chi connectivity index (χ0) is 24.7. The first-order valence-corrected chi connectivity index (χ1v) is 12.6. The Morgan fingerprint density at radius 3 is 2.60 bits per heavy atom. The van der Waals surface area contributed by atoms with Gasteiger partial charge in [-0.1, -0.05) is 6.58 Å². The molecule has 4 aliphatic rings. The van der Waals surface area contributed by atoms with Crippen LogP contribution in [0.5, 0.6) is 0 Å². The van der Waals surface area contributed by atoms with Crippen molar-refractivity contribution in [3.8, 4) is 6.07 Å². The Bertz CT molecular complexity index is 1090. The lowest BCUT2D eigenvalue weighted by Gasteiger charge is -2.43. The van der Waals surface area contributed by atoms with E-state index >= 15 is 0 Å². The Kier molecular flexibility index (Phi) is 6.49. The molecule has 8 nitrogen and oxygen atoms in total. The molecule has 0 aromatic carbocycles. The second-order valence-electron chi connectivity index (χ2n) is 10.1. The zero-order valence-corrected chi connectivity index (χ0v) is 20.3. The van der Waals surface area contributed by atoms with Gasteiger partial charge < -0.3 is 19.4 Å². The molecule has 3 heterocycles. The molecule has 1 saturated heterocycles. The lowest BCUT2D eigenvalue weighted by atomic mass is 9.92. The van der Waals surface area contributed by atoms with Crippen molar-refractivity contribution >= 4 is 17.6 Å². The van der Waals surface area contributed by atoms with E-state index < -0.39 is 11.7 Å².